The van der Waals surface area contributed by atoms with Gasteiger partial charge in [-0.2, -0.15) is 0 Å². The summed E-state index contributed by atoms with van der Waals surface area (Å²) < 4.78 is 5.39. The Balaban J connectivity index is 1.44. The largest absolute Gasteiger partial charge is 0.381 e. The van der Waals surface area contributed by atoms with Gasteiger partial charge in [0, 0.05) is 31.1 Å². The molecular formula is C24H26N4O2. The van der Waals surface area contributed by atoms with E-state index in [2.05, 4.69) is 20.6 Å². The van der Waals surface area contributed by atoms with Gasteiger partial charge in [0.15, 0.2) is 0 Å². The van der Waals surface area contributed by atoms with Gasteiger partial charge in [0.25, 0.3) is 0 Å². The second kappa shape index (κ2) is 9.50. The summed E-state index contributed by atoms with van der Waals surface area (Å²) in [5.41, 5.74) is 2.96. The molecule has 1 aliphatic carbocycles. The van der Waals surface area contributed by atoms with Crippen LogP contribution >= 0.6 is 0 Å². The van der Waals surface area contributed by atoms with Crippen LogP contribution in [0.2, 0.25) is 0 Å². The first-order chi connectivity index (χ1) is 14.7. The van der Waals surface area contributed by atoms with Crippen LogP contribution in [0.5, 0.6) is 0 Å². The van der Waals surface area contributed by atoms with E-state index in [0.29, 0.717) is 5.82 Å². The highest BCUT2D eigenvalue weighted by Crippen LogP contribution is 2.28. The van der Waals surface area contributed by atoms with Gasteiger partial charge in [-0.15, -0.1) is 0 Å². The number of nitrogens with zero attached hydrogens (tertiary/aromatic N) is 2. The van der Waals surface area contributed by atoms with Crippen LogP contribution in [0.3, 0.4) is 0 Å². The number of nitrogens with one attached hydrogen (secondary N) is 2. The van der Waals surface area contributed by atoms with E-state index < -0.39 is 0 Å². The molecule has 0 saturated heterocycles. The third-order valence-corrected chi connectivity index (χ3v) is 5.53. The third kappa shape index (κ3) is 5.02. The number of hydrogen-bond acceptors (Lipinski definition) is 5. The summed E-state index contributed by atoms with van der Waals surface area (Å²) >= 11 is 0. The molecule has 6 heteroatoms. The van der Waals surface area contributed by atoms with Crippen molar-refractivity contribution in [3.05, 3.63) is 67.0 Å². The number of carbonyl (C=O) groups is 1. The summed E-state index contributed by atoms with van der Waals surface area (Å²) in [5.74, 6) is 1.39. The normalized spacial score (nSPS) is 18.6. The van der Waals surface area contributed by atoms with E-state index in [1.807, 2.05) is 54.6 Å². The minimum Gasteiger partial charge on any atom is -0.381 e. The molecule has 2 heterocycles. The van der Waals surface area contributed by atoms with Crippen LogP contribution in [0.15, 0.2) is 67.0 Å². The van der Waals surface area contributed by atoms with E-state index in [-0.39, 0.29) is 17.9 Å². The average molecular weight is 402 g/mol. The van der Waals surface area contributed by atoms with Crippen molar-refractivity contribution < 1.29 is 9.53 Å². The lowest BCUT2D eigenvalue weighted by atomic mass is 9.87. The molecule has 1 fully saturated rings. The molecule has 6 nitrogen and oxygen atoms in total. The Labute approximate surface area is 176 Å². The average Bonchev–Trinajstić information content (AvgIpc) is 2.80. The van der Waals surface area contributed by atoms with Crippen molar-refractivity contribution in [1.82, 2.24) is 9.97 Å². The van der Waals surface area contributed by atoms with Gasteiger partial charge in [0.2, 0.25) is 5.91 Å². The first kappa shape index (κ1) is 20.0. The summed E-state index contributed by atoms with van der Waals surface area (Å²) in [4.78, 5) is 21.4. The molecule has 2 aromatic heterocycles. The number of amides is 1. The molecular weight excluding hydrogens is 376 g/mol. The van der Waals surface area contributed by atoms with Crippen molar-refractivity contribution >= 4 is 23.2 Å². The monoisotopic (exact) mass is 402 g/mol. The lowest BCUT2D eigenvalue weighted by Gasteiger charge is -2.26. The van der Waals surface area contributed by atoms with E-state index in [1.165, 1.54) is 0 Å². The first-order valence-electron chi connectivity index (χ1n) is 10.3. The van der Waals surface area contributed by atoms with Crippen molar-refractivity contribution in [3.8, 4) is 11.1 Å². The predicted molar refractivity (Wildman–Crippen MR) is 119 cm³/mol. The van der Waals surface area contributed by atoms with Crippen LogP contribution < -0.4 is 10.6 Å². The van der Waals surface area contributed by atoms with Crippen molar-refractivity contribution in [2.75, 3.05) is 17.7 Å². The summed E-state index contributed by atoms with van der Waals surface area (Å²) in [5, 5.41) is 6.29. The number of anilines is 3. The van der Waals surface area contributed by atoms with Crippen LogP contribution in [-0.2, 0) is 9.53 Å². The van der Waals surface area contributed by atoms with Gasteiger partial charge in [-0.3, -0.25) is 4.79 Å². The highest BCUT2D eigenvalue weighted by molar-refractivity contribution is 5.92. The first-order valence-corrected chi connectivity index (χ1v) is 10.3. The smallest absolute Gasteiger partial charge is 0.228 e. The Bertz CT molecular complexity index is 985. The molecule has 0 unspecified atom stereocenters. The number of aromatic nitrogens is 2. The predicted octanol–water partition coefficient (Wildman–Crippen LogP) is 5.03. The number of methoxy groups -OCH3 is 1. The summed E-state index contributed by atoms with van der Waals surface area (Å²) in [6.45, 7) is 0. The van der Waals surface area contributed by atoms with Gasteiger partial charge in [-0.1, -0.05) is 18.2 Å². The standard InChI is InChI=1S/C24H26N4O2/c1-30-21-9-7-17(8-10-21)24(29)28-23-16-19(12-14-26-23)18-11-13-25-22(15-18)27-20-5-3-2-4-6-20/h2-6,11-17,21H,7-10H2,1H3,(H,25,27)(H,26,28,29). The number of rotatable bonds is 6. The molecule has 0 radical (unpaired) electrons. The van der Waals surface area contributed by atoms with E-state index in [9.17, 15) is 4.79 Å². The maximum absolute atomic E-state index is 12.7. The summed E-state index contributed by atoms with van der Waals surface area (Å²) in [6, 6.07) is 17.7. The number of carbonyl (C=O) groups excluding carboxylic acids is 1. The van der Waals surface area contributed by atoms with Gasteiger partial charge >= 0.3 is 0 Å². The molecule has 30 heavy (non-hydrogen) atoms. The van der Waals surface area contributed by atoms with Crippen molar-refractivity contribution in [3.63, 3.8) is 0 Å². The van der Waals surface area contributed by atoms with Crippen molar-refractivity contribution in [2.24, 2.45) is 5.92 Å². The zero-order valence-electron chi connectivity index (χ0n) is 17.0. The molecule has 4 rings (SSSR count). The van der Waals surface area contributed by atoms with E-state index in [4.69, 9.17) is 4.74 Å². The van der Waals surface area contributed by atoms with E-state index in [0.717, 1.165) is 48.3 Å². The molecule has 1 saturated carbocycles. The molecule has 1 amide bonds. The fourth-order valence-corrected chi connectivity index (χ4v) is 3.82. The number of para-hydroxylation sites is 1. The second-order valence-electron chi connectivity index (χ2n) is 7.55. The van der Waals surface area contributed by atoms with Gasteiger partial charge in [-0.25, -0.2) is 9.97 Å². The van der Waals surface area contributed by atoms with Gasteiger partial charge in [0.05, 0.1) is 6.10 Å². The molecule has 2 N–H and O–H groups in total. The van der Waals surface area contributed by atoms with Crippen molar-refractivity contribution in [1.29, 1.82) is 0 Å². The molecule has 3 aromatic rings. The van der Waals surface area contributed by atoms with Crippen LogP contribution in [0.1, 0.15) is 25.7 Å². The van der Waals surface area contributed by atoms with Gasteiger partial charge in [0.1, 0.15) is 11.6 Å². The molecule has 1 aromatic carbocycles. The molecule has 0 atom stereocenters. The third-order valence-electron chi connectivity index (χ3n) is 5.53. The molecule has 0 spiro atoms. The fourth-order valence-electron chi connectivity index (χ4n) is 3.82. The minimum atomic E-state index is 0.0180. The van der Waals surface area contributed by atoms with Crippen LogP contribution in [0.25, 0.3) is 11.1 Å². The summed E-state index contributed by atoms with van der Waals surface area (Å²) in [7, 11) is 1.74. The topological polar surface area (TPSA) is 76.1 Å². The number of benzene rings is 1. The maximum Gasteiger partial charge on any atom is 0.228 e. The Morgan fingerprint density at radius 1 is 0.900 bits per heavy atom. The van der Waals surface area contributed by atoms with Crippen LogP contribution in [0.4, 0.5) is 17.3 Å². The molecule has 1 aliphatic rings. The Kier molecular flexibility index (Phi) is 6.35. The summed E-state index contributed by atoms with van der Waals surface area (Å²) in [6.07, 6.45) is 7.32. The highest BCUT2D eigenvalue weighted by Gasteiger charge is 2.26. The van der Waals surface area contributed by atoms with E-state index >= 15 is 0 Å². The highest BCUT2D eigenvalue weighted by atomic mass is 16.5. The molecule has 154 valence electrons. The van der Waals surface area contributed by atoms with Gasteiger partial charge in [-0.05, 0) is 73.2 Å². The SMILES string of the molecule is COC1CCC(C(=O)Nc2cc(-c3ccnc(Nc4ccccc4)c3)ccn2)CC1. The minimum absolute atomic E-state index is 0.0180. The fraction of sp³-hybridized carbons (Fsp3) is 0.292. The van der Waals surface area contributed by atoms with Crippen molar-refractivity contribution in [2.45, 2.75) is 31.8 Å². The van der Waals surface area contributed by atoms with E-state index in [1.54, 1.807) is 19.5 Å². The Morgan fingerprint density at radius 3 is 2.20 bits per heavy atom. The Morgan fingerprint density at radius 2 is 1.53 bits per heavy atom. The molecule has 0 aliphatic heterocycles. The maximum atomic E-state index is 12.7. The van der Waals surface area contributed by atoms with Gasteiger partial charge < -0.3 is 15.4 Å². The zero-order chi connectivity index (χ0) is 20.8. The molecule has 0 bridgehead atoms. The lowest BCUT2D eigenvalue weighted by Crippen LogP contribution is -2.29. The zero-order valence-corrected chi connectivity index (χ0v) is 17.0. The number of hydrogen-bond donors (Lipinski definition) is 2. The lowest BCUT2D eigenvalue weighted by molar-refractivity contribution is -0.121. The van der Waals surface area contributed by atoms with Crippen LogP contribution in [-0.4, -0.2) is 29.1 Å². The second-order valence-corrected chi connectivity index (χ2v) is 7.55. The quantitative estimate of drug-likeness (QED) is 0.605. The number of ether oxygens (including phenoxy) is 1. The Hall–Kier alpha value is -3.25. The van der Waals surface area contributed by atoms with Crippen LogP contribution in [0, 0.1) is 5.92 Å². The number of pyridine rings is 2.